The molecule has 1 aliphatic heterocycles. The van der Waals surface area contributed by atoms with E-state index in [1.165, 1.54) is 0 Å². The van der Waals surface area contributed by atoms with E-state index >= 15 is 0 Å². The van der Waals surface area contributed by atoms with E-state index in [1.54, 1.807) is 23.5 Å². The molecule has 0 fully saturated rings. The largest absolute Gasteiger partial charge is 0.481 e. The monoisotopic (exact) mass is 664 g/mol. The molecule has 0 aliphatic carbocycles. The zero-order valence-electron chi connectivity index (χ0n) is 28.5. The fourth-order valence-corrected chi connectivity index (χ4v) is 5.08. The highest BCUT2D eigenvalue weighted by Crippen LogP contribution is 2.42. The van der Waals surface area contributed by atoms with Gasteiger partial charge in [-0.25, -0.2) is 0 Å². The predicted molar refractivity (Wildman–Crippen MR) is 192 cm³/mol. The Bertz CT molecular complexity index is 1390. The molecule has 0 radical (unpaired) electrons. The Morgan fingerprint density at radius 3 is 2.38 bits per heavy atom. The third kappa shape index (κ3) is 13.9. The van der Waals surface area contributed by atoms with Crippen LogP contribution in [-0.2, 0) is 14.4 Å². The van der Waals surface area contributed by atoms with Gasteiger partial charge in [-0.3, -0.25) is 4.79 Å². The molecule has 10 heteroatoms. The first-order valence-electron chi connectivity index (χ1n) is 16.2. The molecule has 0 amide bonds. The number of nitrogens with zero attached hydrogens (tertiary/aromatic N) is 4. The average molecular weight is 665 g/mol. The number of halogens is 1. The smallest absolute Gasteiger partial charge is 0.309 e. The molecule has 1 aliphatic rings. The van der Waals surface area contributed by atoms with Crippen LogP contribution in [-0.4, -0.2) is 61.3 Å². The first kappa shape index (κ1) is 40.6. The number of nitriles is 1. The van der Waals surface area contributed by atoms with Crippen LogP contribution in [0.1, 0.15) is 60.3 Å². The number of carboxylic acid groups (broad SMARTS) is 1. The number of anilines is 2. The highest BCUT2D eigenvalue weighted by atomic mass is 35.5. The quantitative estimate of drug-likeness (QED) is 0.0722. The summed E-state index contributed by atoms with van der Waals surface area (Å²) in [5.41, 5.74) is 4.01. The van der Waals surface area contributed by atoms with Crippen LogP contribution in [0.25, 0.3) is 0 Å². The molecule has 0 saturated carbocycles. The number of fused-ring (bicyclic) bond motifs is 1. The SMILES string of the molecule is C=C(/C=C(Cl)\C(=C/[NH2+]CCC(=O)O)CC)N(C/C=C/C(C#N)=C/C=C1/N(CCC=O)c2ccccc2N1CC(C)C)CCC=O.CC. The fourth-order valence-electron chi connectivity index (χ4n) is 4.76. The van der Waals surface area contributed by atoms with Crippen LogP contribution in [0, 0.1) is 17.2 Å². The van der Waals surface area contributed by atoms with E-state index in [0.29, 0.717) is 67.7 Å². The molecule has 3 N–H and O–H groups in total. The van der Waals surface area contributed by atoms with Gasteiger partial charge < -0.3 is 34.7 Å². The molecule has 1 aromatic carbocycles. The van der Waals surface area contributed by atoms with Gasteiger partial charge in [0, 0.05) is 50.3 Å². The van der Waals surface area contributed by atoms with Crippen LogP contribution in [0.4, 0.5) is 11.4 Å². The number of aliphatic carboxylic acids is 1. The molecule has 9 nitrogen and oxygen atoms in total. The van der Waals surface area contributed by atoms with Crippen molar-refractivity contribution in [3.63, 3.8) is 0 Å². The van der Waals surface area contributed by atoms with Crippen molar-refractivity contribution in [1.82, 2.24) is 4.90 Å². The van der Waals surface area contributed by atoms with Gasteiger partial charge in [-0.15, -0.1) is 0 Å². The lowest BCUT2D eigenvalue weighted by Gasteiger charge is -2.26. The molecule has 2 rings (SSSR count). The molecule has 1 heterocycles. The molecule has 1 aromatic rings. The normalized spacial score (nSPS) is 14.2. The van der Waals surface area contributed by atoms with Gasteiger partial charge in [0.05, 0.1) is 47.2 Å². The number of carboxylic acids is 1. The number of benzene rings is 1. The van der Waals surface area contributed by atoms with Crippen LogP contribution in [0.2, 0.25) is 0 Å². The summed E-state index contributed by atoms with van der Waals surface area (Å²) in [7, 11) is 0. The topological polar surface area (TPSA) is 122 Å². The van der Waals surface area contributed by atoms with Gasteiger partial charge in [0.1, 0.15) is 18.4 Å². The van der Waals surface area contributed by atoms with Gasteiger partial charge in [-0.2, -0.15) is 5.26 Å². The molecular weight excluding hydrogens is 614 g/mol. The number of hydrogen-bond donors (Lipinski definition) is 2. The second-order valence-corrected chi connectivity index (χ2v) is 11.3. The van der Waals surface area contributed by atoms with E-state index in [4.69, 9.17) is 16.7 Å². The van der Waals surface area contributed by atoms with Crippen molar-refractivity contribution in [1.29, 1.82) is 5.26 Å². The molecule has 0 spiro atoms. The molecule has 0 saturated heterocycles. The number of aldehydes is 2. The molecule has 47 heavy (non-hydrogen) atoms. The summed E-state index contributed by atoms with van der Waals surface area (Å²) in [5, 5.41) is 21.0. The zero-order chi connectivity index (χ0) is 35.2. The first-order chi connectivity index (χ1) is 22.7. The lowest BCUT2D eigenvalue weighted by Crippen LogP contribution is -2.78. The summed E-state index contributed by atoms with van der Waals surface area (Å²) in [6, 6.07) is 10.3. The third-order valence-electron chi connectivity index (χ3n) is 6.95. The lowest BCUT2D eigenvalue weighted by molar-refractivity contribution is -0.587. The Hall–Kier alpha value is -4.39. The summed E-state index contributed by atoms with van der Waals surface area (Å²) in [6.07, 6.45) is 14.0. The van der Waals surface area contributed by atoms with E-state index in [0.717, 1.165) is 41.9 Å². The highest BCUT2D eigenvalue weighted by Gasteiger charge is 2.30. The van der Waals surface area contributed by atoms with E-state index in [2.05, 4.69) is 42.4 Å². The summed E-state index contributed by atoms with van der Waals surface area (Å²) < 4.78 is 0. The van der Waals surface area contributed by atoms with Crippen LogP contribution in [0.15, 0.2) is 95.1 Å². The number of para-hydroxylation sites is 2. The van der Waals surface area contributed by atoms with Gasteiger partial charge in [-0.05, 0) is 48.8 Å². The van der Waals surface area contributed by atoms with Crippen molar-refractivity contribution in [2.75, 3.05) is 42.5 Å². The molecule has 0 atom stereocenters. The summed E-state index contributed by atoms with van der Waals surface area (Å²) in [6.45, 7) is 17.0. The highest BCUT2D eigenvalue weighted by molar-refractivity contribution is 6.32. The summed E-state index contributed by atoms with van der Waals surface area (Å²) >= 11 is 6.59. The minimum atomic E-state index is -0.855. The van der Waals surface area contributed by atoms with E-state index in [9.17, 15) is 19.6 Å². The second kappa shape index (κ2) is 23.0. The Morgan fingerprint density at radius 2 is 1.81 bits per heavy atom. The van der Waals surface area contributed by atoms with Gasteiger partial charge in [0.2, 0.25) is 0 Å². The van der Waals surface area contributed by atoms with Gasteiger partial charge >= 0.3 is 5.97 Å². The lowest BCUT2D eigenvalue weighted by atomic mass is 10.1. The van der Waals surface area contributed by atoms with Crippen LogP contribution in [0.5, 0.6) is 0 Å². The van der Waals surface area contributed by atoms with Crippen molar-refractivity contribution in [3.05, 3.63) is 95.1 Å². The third-order valence-corrected chi connectivity index (χ3v) is 7.30. The van der Waals surface area contributed by atoms with Crippen molar-refractivity contribution in [2.45, 2.75) is 60.3 Å². The van der Waals surface area contributed by atoms with Crippen LogP contribution in [0.3, 0.4) is 0 Å². The maximum atomic E-state index is 11.2. The minimum absolute atomic E-state index is 0.0475. The maximum Gasteiger partial charge on any atom is 0.309 e. The number of quaternary nitrogens is 1. The van der Waals surface area contributed by atoms with E-state index < -0.39 is 5.97 Å². The molecule has 254 valence electrons. The first-order valence-corrected chi connectivity index (χ1v) is 16.6. The van der Waals surface area contributed by atoms with Crippen molar-refractivity contribution in [3.8, 4) is 6.07 Å². The summed E-state index contributed by atoms with van der Waals surface area (Å²) in [4.78, 5) is 39.4. The Kier molecular flexibility index (Phi) is 19.9. The summed E-state index contributed by atoms with van der Waals surface area (Å²) in [5.74, 6) is 0.443. The van der Waals surface area contributed by atoms with Crippen molar-refractivity contribution < 1.29 is 24.8 Å². The number of hydrogen-bond acceptors (Lipinski definition) is 7. The zero-order valence-corrected chi connectivity index (χ0v) is 29.2. The number of nitrogens with two attached hydrogens (primary N) is 1. The minimum Gasteiger partial charge on any atom is -0.481 e. The van der Waals surface area contributed by atoms with E-state index in [-0.39, 0.29) is 6.42 Å². The van der Waals surface area contributed by atoms with Crippen molar-refractivity contribution in [2.24, 2.45) is 5.92 Å². The Morgan fingerprint density at radius 1 is 1.15 bits per heavy atom. The van der Waals surface area contributed by atoms with E-state index in [1.807, 2.05) is 62.2 Å². The van der Waals surface area contributed by atoms with Gasteiger partial charge in [0.15, 0.2) is 0 Å². The number of carbonyl (C=O) groups excluding carboxylic acids is 2. The Labute approximate surface area is 285 Å². The fraction of sp³-hybridized carbons (Fsp3) is 0.405. The number of allylic oxidation sites excluding steroid dienone is 7. The maximum absolute atomic E-state index is 11.2. The average Bonchev–Trinajstić information content (AvgIpc) is 3.34. The van der Waals surface area contributed by atoms with Gasteiger partial charge in [0.25, 0.3) is 0 Å². The number of rotatable bonds is 20. The van der Waals surface area contributed by atoms with Crippen LogP contribution < -0.4 is 15.1 Å². The standard InChI is InChI=1S/C35H44ClN5O4.C2H6/c1-5-30(25-38-17-16-35(44)45)31(36)23-28(4)39(19-9-21-42)18-8-11-29(24-37)14-15-34-40(20-10-22-43)32-12-6-7-13-33(32)41(34)26-27(2)3;1-2/h6-8,11-15,21-23,25,27,38H,4-5,9-10,16-20,26H2,1-3H3,(H,44,45);1-2H3/p+1/b11-8+,29-14-,30-25-,31-23+,34-15-;. The molecular formula is C37H51ClN5O4+. The van der Waals surface area contributed by atoms with Gasteiger partial charge in [-0.1, -0.05) is 71.0 Å². The Balaban J connectivity index is 0.00000541. The number of carbonyl (C=O) groups is 3. The van der Waals surface area contributed by atoms with Crippen molar-refractivity contribution >= 4 is 41.5 Å². The molecule has 0 unspecified atom stereocenters. The van der Waals surface area contributed by atoms with Crippen LogP contribution >= 0.6 is 11.6 Å². The second-order valence-electron chi connectivity index (χ2n) is 10.9. The predicted octanol–water partition coefficient (Wildman–Crippen LogP) is 6.29. The molecule has 0 bridgehead atoms. The molecule has 0 aromatic heterocycles.